The van der Waals surface area contributed by atoms with Gasteiger partial charge in [-0.2, -0.15) is 0 Å². The van der Waals surface area contributed by atoms with Crippen molar-refractivity contribution in [2.24, 2.45) is 0 Å². The molecule has 0 aliphatic carbocycles. The minimum atomic E-state index is -0.882. The zero-order valence-electron chi connectivity index (χ0n) is 11.3. The molecule has 8 heteroatoms. The number of ether oxygens (including phenoxy) is 1. The van der Waals surface area contributed by atoms with Gasteiger partial charge in [0.05, 0.1) is 23.2 Å². The number of hydrogen-bond acceptors (Lipinski definition) is 5. The molecule has 110 valence electrons. The lowest BCUT2D eigenvalue weighted by Gasteiger charge is -2.18. The highest BCUT2D eigenvalue weighted by Gasteiger charge is 2.23. The number of nitrogens with two attached hydrogens (primary N) is 1. The maximum atomic E-state index is 13.3. The van der Waals surface area contributed by atoms with Crippen LogP contribution in [-0.2, 0) is 4.74 Å². The van der Waals surface area contributed by atoms with Crippen LogP contribution in [0.3, 0.4) is 0 Å². The van der Waals surface area contributed by atoms with Gasteiger partial charge in [0.1, 0.15) is 11.5 Å². The molecule has 1 aromatic carbocycles. The Labute approximate surface area is 115 Å². The lowest BCUT2D eigenvalue weighted by Crippen LogP contribution is -2.31. The summed E-state index contributed by atoms with van der Waals surface area (Å²) in [5.41, 5.74) is 4.37. The Morgan fingerprint density at radius 2 is 2.20 bits per heavy atom. The molecule has 0 unspecified atom stereocenters. The molecule has 1 amide bonds. The van der Waals surface area contributed by atoms with Crippen molar-refractivity contribution in [1.29, 1.82) is 0 Å². The van der Waals surface area contributed by atoms with Crippen molar-refractivity contribution in [1.82, 2.24) is 4.90 Å². The summed E-state index contributed by atoms with van der Waals surface area (Å²) in [5, 5.41) is 10.7. The number of rotatable bonds is 6. The first kappa shape index (κ1) is 15.8. The van der Waals surface area contributed by atoms with Gasteiger partial charge in [-0.3, -0.25) is 14.9 Å². The highest BCUT2D eigenvalue weighted by molar-refractivity contribution is 6.00. The normalized spacial score (nSPS) is 10.3. The molecule has 0 saturated heterocycles. The maximum absolute atomic E-state index is 13.3. The smallest absolute Gasteiger partial charge is 0.295 e. The highest BCUT2D eigenvalue weighted by Crippen LogP contribution is 2.27. The van der Waals surface area contributed by atoms with E-state index >= 15 is 0 Å². The molecule has 0 heterocycles. The average molecular weight is 285 g/mol. The molecule has 20 heavy (non-hydrogen) atoms. The molecule has 0 aliphatic rings. The van der Waals surface area contributed by atoms with Gasteiger partial charge in [-0.15, -0.1) is 0 Å². The van der Waals surface area contributed by atoms with Gasteiger partial charge in [-0.05, 0) is 13.0 Å². The summed E-state index contributed by atoms with van der Waals surface area (Å²) in [4.78, 5) is 23.3. The fourth-order valence-corrected chi connectivity index (χ4v) is 1.58. The quantitative estimate of drug-likeness (QED) is 0.369. The summed E-state index contributed by atoms with van der Waals surface area (Å²) in [6, 6.07) is 1.58. The van der Waals surface area contributed by atoms with Crippen LogP contribution in [0, 0.1) is 15.9 Å². The third-order valence-corrected chi connectivity index (χ3v) is 2.67. The van der Waals surface area contributed by atoms with E-state index in [2.05, 4.69) is 0 Å². The first-order valence-electron chi connectivity index (χ1n) is 5.95. The molecule has 0 bridgehead atoms. The number of carbonyl (C=O) groups excluding carboxylic acids is 1. The van der Waals surface area contributed by atoms with Gasteiger partial charge >= 0.3 is 0 Å². The van der Waals surface area contributed by atoms with E-state index in [1.807, 2.05) is 6.92 Å². The minimum Gasteiger partial charge on any atom is -0.393 e. The van der Waals surface area contributed by atoms with Crippen molar-refractivity contribution in [2.75, 3.05) is 32.5 Å². The molecule has 0 aliphatic heterocycles. The molecule has 1 aromatic rings. The first-order valence-corrected chi connectivity index (χ1v) is 5.95. The monoisotopic (exact) mass is 285 g/mol. The van der Waals surface area contributed by atoms with Crippen LogP contribution in [0.2, 0.25) is 0 Å². The third-order valence-electron chi connectivity index (χ3n) is 2.67. The number of carbonyl (C=O) groups is 1. The van der Waals surface area contributed by atoms with Crippen molar-refractivity contribution in [3.8, 4) is 0 Å². The lowest BCUT2D eigenvalue weighted by atomic mass is 10.1. The number of nitrogens with zero attached hydrogens (tertiary/aromatic N) is 2. The number of halogens is 1. The predicted molar refractivity (Wildman–Crippen MR) is 70.9 cm³/mol. The predicted octanol–water partition coefficient (Wildman–Crippen LogP) is 1.42. The summed E-state index contributed by atoms with van der Waals surface area (Å²) in [5.74, 6) is -1.47. The molecule has 7 nitrogen and oxygen atoms in total. The summed E-state index contributed by atoms with van der Waals surface area (Å²) in [7, 11) is 1.48. The van der Waals surface area contributed by atoms with Gasteiger partial charge in [0.15, 0.2) is 0 Å². The van der Waals surface area contributed by atoms with Gasteiger partial charge in [0.25, 0.3) is 11.6 Å². The number of benzene rings is 1. The Kier molecular flexibility index (Phi) is 5.39. The fourth-order valence-electron chi connectivity index (χ4n) is 1.58. The van der Waals surface area contributed by atoms with E-state index in [0.717, 1.165) is 6.07 Å². The number of likely N-dealkylation sites (N-methyl/N-ethyl adjacent to an activating group) is 1. The van der Waals surface area contributed by atoms with Crippen LogP contribution in [0.15, 0.2) is 12.1 Å². The van der Waals surface area contributed by atoms with Gasteiger partial charge in [0, 0.05) is 20.2 Å². The van der Waals surface area contributed by atoms with E-state index in [4.69, 9.17) is 10.5 Å². The van der Waals surface area contributed by atoms with Gasteiger partial charge in [-0.25, -0.2) is 4.39 Å². The number of amides is 1. The zero-order valence-corrected chi connectivity index (χ0v) is 11.3. The second kappa shape index (κ2) is 6.80. The molecule has 0 atom stereocenters. The molecule has 0 aromatic heterocycles. The van der Waals surface area contributed by atoms with Crippen LogP contribution in [0.1, 0.15) is 17.3 Å². The molecular weight excluding hydrogens is 269 g/mol. The molecule has 0 radical (unpaired) electrons. The number of nitro benzene ring substituents is 1. The largest absolute Gasteiger partial charge is 0.393 e. The molecule has 2 N–H and O–H groups in total. The molecule has 0 fully saturated rings. The summed E-state index contributed by atoms with van der Waals surface area (Å²) in [6.07, 6.45) is 0. The Balaban J connectivity index is 3.01. The average Bonchev–Trinajstić information content (AvgIpc) is 2.40. The molecule has 0 spiro atoms. The number of hydrogen-bond donors (Lipinski definition) is 1. The van der Waals surface area contributed by atoms with Crippen LogP contribution in [0.5, 0.6) is 0 Å². The Morgan fingerprint density at radius 1 is 1.55 bits per heavy atom. The standard InChI is InChI=1S/C12H16FN3O4/c1-3-20-5-4-15(2)12(17)9-6-8(13)7-10(11(9)14)16(18)19/h6-7H,3-5,14H2,1-2H3. The van der Waals surface area contributed by atoms with Gasteiger partial charge in [-0.1, -0.05) is 0 Å². The van der Waals surface area contributed by atoms with Crippen molar-refractivity contribution in [3.63, 3.8) is 0 Å². The number of anilines is 1. The summed E-state index contributed by atoms with van der Waals surface area (Å²) in [6.45, 7) is 2.91. The maximum Gasteiger partial charge on any atom is 0.295 e. The van der Waals surface area contributed by atoms with Crippen molar-refractivity contribution in [3.05, 3.63) is 33.6 Å². The SMILES string of the molecule is CCOCCN(C)C(=O)c1cc(F)cc([N+](=O)[O-])c1N. The van der Waals surface area contributed by atoms with Crippen molar-refractivity contribution in [2.45, 2.75) is 6.92 Å². The molecule has 0 saturated carbocycles. The second-order valence-corrected chi connectivity index (χ2v) is 4.07. The van der Waals surface area contributed by atoms with Crippen molar-refractivity contribution < 1.29 is 18.8 Å². The molecule has 1 rings (SSSR count). The van der Waals surface area contributed by atoms with Crippen LogP contribution >= 0.6 is 0 Å². The topological polar surface area (TPSA) is 98.7 Å². The summed E-state index contributed by atoms with van der Waals surface area (Å²) >= 11 is 0. The van der Waals surface area contributed by atoms with Gasteiger partial charge in [0.2, 0.25) is 0 Å². The first-order chi connectivity index (χ1) is 9.38. The fraction of sp³-hybridized carbons (Fsp3) is 0.417. The summed E-state index contributed by atoms with van der Waals surface area (Å²) < 4.78 is 18.4. The Morgan fingerprint density at radius 3 is 2.75 bits per heavy atom. The van der Waals surface area contributed by atoms with Crippen LogP contribution < -0.4 is 5.73 Å². The zero-order chi connectivity index (χ0) is 15.3. The van der Waals surface area contributed by atoms with E-state index in [9.17, 15) is 19.3 Å². The number of nitro groups is 1. The van der Waals surface area contributed by atoms with Crippen LogP contribution in [0.25, 0.3) is 0 Å². The van der Waals surface area contributed by atoms with E-state index in [0.29, 0.717) is 19.3 Å². The lowest BCUT2D eigenvalue weighted by molar-refractivity contribution is -0.384. The van der Waals surface area contributed by atoms with Crippen molar-refractivity contribution >= 4 is 17.3 Å². The number of nitrogen functional groups attached to an aromatic ring is 1. The highest BCUT2D eigenvalue weighted by atomic mass is 19.1. The van der Waals surface area contributed by atoms with E-state index in [1.54, 1.807) is 0 Å². The van der Waals surface area contributed by atoms with Gasteiger partial charge < -0.3 is 15.4 Å². The van der Waals surface area contributed by atoms with E-state index < -0.39 is 22.3 Å². The minimum absolute atomic E-state index is 0.226. The van der Waals surface area contributed by atoms with E-state index in [-0.39, 0.29) is 17.8 Å². The van der Waals surface area contributed by atoms with Crippen LogP contribution in [-0.4, -0.2) is 42.5 Å². The Hall–Kier alpha value is -2.22. The van der Waals surface area contributed by atoms with E-state index in [1.165, 1.54) is 11.9 Å². The second-order valence-electron chi connectivity index (χ2n) is 4.07. The van der Waals surface area contributed by atoms with Crippen LogP contribution in [0.4, 0.5) is 15.8 Å². The Bertz CT molecular complexity index is 522. The third kappa shape index (κ3) is 3.64. The molecular formula is C12H16FN3O4.